The number of nitrogens with one attached hydrogen (secondary N) is 1. The highest BCUT2D eigenvalue weighted by Crippen LogP contribution is 2.40. The van der Waals surface area contributed by atoms with Crippen molar-refractivity contribution in [1.29, 1.82) is 0 Å². The number of hydrazone groups is 1. The van der Waals surface area contributed by atoms with Crippen molar-refractivity contribution in [3.63, 3.8) is 0 Å². The Balaban J connectivity index is 1.33. The summed E-state index contributed by atoms with van der Waals surface area (Å²) in [6, 6.07) is 17.8. The molecule has 4 aromatic rings. The van der Waals surface area contributed by atoms with E-state index in [0.29, 0.717) is 12.8 Å². The van der Waals surface area contributed by atoms with Crippen LogP contribution in [0, 0.1) is 0 Å². The number of furan rings is 1. The number of anilines is 2. The molecule has 0 saturated carbocycles. The number of ether oxygens (including phenoxy) is 1. The molecular formula is C26H22N4O3S. The van der Waals surface area contributed by atoms with Gasteiger partial charge in [-0.1, -0.05) is 6.07 Å². The van der Waals surface area contributed by atoms with E-state index in [2.05, 4.69) is 16.8 Å². The number of hydrogen-bond acceptors (Lipinski definition) is 7. The quantitative estimate of drug-likeness (QED) is 0.408. The predicted molar refractivity (Wildman–Crippen MR) is 133 cm³/mol. The van der Waals surface area contributed by atoms with Gasteiger partial charge in [0.25, 0.3) is 0 Å². The lowest BCUT2D eigenvalue weighted by molar-refractivity contribution is -0.116. The van der Waals surface area contributed by atoms with Crippen LogP contribution < -0.4 is 15.1 Å². The summed E-state index contributed by atoms with van der Waals surface area (Å²) in [4.78, 5) is 16.6. The van der Waals surface area contributed by atoms with Crippen LogP contribution in [-0.4, -0.2) is 23.7 Å². The van der Waals surface area contributed by atoms with E-state index < -0.39 is 0 Å². The molecule has 0 saturated heterocycles. The summed E-state index contributed by atoms with van der Waals surface area (Å²) in [6.07, 6.45) is 3.67. The normalized spacial score (nSPS) is 17.3. The summed E-state index contributed by atoms with van der Waals surface area (Å²) < 4.78 is 11.1. The highest BCUT2D eigenvalue weighted by molar-refractivity contribution is 7.14. The summed E-state index contributed by atoms with van der Waals surface area (Å²) in [5.74, 6) is 1.74. The number of aromatic nitrogens is 1. The Morgan fingerprint density at radius 3 is 2.76 bits per heavy atom. The second kappa shape index (κ2) is 8.46. The SMILES string of the molecule is COc1ccc(C2=NN(c3nc(-c4ccc5c(c4)CCC(=O)N5)cs3)C(c3ccco3)C2)cc1. The third-order valence-corrected chi connectivity index (χ3v) is 7.02. The topological polar surface area (TPSA) is 80.0 Å². The first kappa shape index (κ1) is 20.7. The van der Waals surface area contributed by atoms with E-state index in [-0.39, 0.29) is 11.9 Å². The molecule has 170 valence electrons. The van der Waals surface area contributed by atoms with Crippen LogP contribution in [0.15, 0.2) is 75.8 Å². The molecule has 7 nitrogen and oxygen atoms in total. The number of aryl methyl sites for hydroxylation is 1. The monoisotopic (exact) mass is 470 g/mol. The Kier molecular flexibility index (Phi) is 5.15. The lowest BCUT2D eigenvalue weighted by Gasteiger charge is -2.18. The third-order valence-electron chi connectivity index (χ3n) is 6.19. The molecule has 2 aliphatic heterocycles. The molecule has 4 heterocycles. The lowest BCUT2D eigenvalue weighted by Crippen LogP contribution is -2.18. The Labute approximate surface area is 200 Å². The Morgan fingerprint density at radius 1 is 1.12 bits per heavy atom. The van der Waals surface area contributed by atoms with Gasteiger partial charge in [-0.2, -0.15) is 5.10 Å². The van der Waals surface area contributed by atoms with Gasteiger partial charge in [0.05, 0.1) is 24.8 Å². The van der Waals surface area contributed by atoms with Crippen LogP contribution in [0.5, 0.6) is 5.75 Å². The van der Waals surface area contributed by atoms with Gasteiger partial charge in [0.15, 0.2) is 0 Å². The number of carbonyl (C=O) groups excluding carboxylic acids is 1. The van der Waals surface area contributed by atoms with E-state index in [9.17, 15) is 4.79 Å². The van der Waals surface area contributed by atoms with Gasteiger partial charge >= 0.3 is 0 Å². The second-order valence-electron chi connectivity index (χ2n) is 8.29. The van der Waals surface area contributed by atoms with Gasteiger partial charge in [-0.15, -0.1) is 11.3 Å². The molecule has 1 unspecified atom stereocenters. The minimum absolute atomic E-state index is 0.0650. The Morgan fingerprint density at radius 2 is 1.97 bits per heavy atom. The van der Waals surface area contributed by atoms with Gasteiger partial charge in [0.2, 0.25) is 11.0 Å². The smallest absolute Gasteiger partial charge is 0.224 e. The van der Waals surface area contributed by atoms with Crippen molar-refractivity contribution in [2.24, 2.45) is 5.10 Å². The number of carbonyl (C=O) groups is 1. The molecule has 1 atom stereocenters. The molecule has 0 spiro atoms. The second-order valence-corrected chi connectivity index (χ2v) is 9.13. The molecule has 0 fully saturated rings. The first-order valence-electron chi connectivity index (χ1n) is 11.1. The van der Waals surface area contributed by atoms with E-state index in [1.807, 2.05) is 53.5 Å². The maximum Gasteiger partial charge on any atom is 0.224 e. The maximum absolute atomic E-state index is 11.7. The molecule has 6 rings (SSSR count). The van der Waals surface area contributed by atoms with Crippen LogP contribution in [0.1, 0.15) is 35.8 Å². The predicted octanol–water partition coefficient (Wildman–Crippen LogP) is 5.65. The van der Waals surface area contributed by atoms with Crippen LogP contribution in [0.2, 0.25) is 0 Å². The summed E-state index contributed by atoms with van der Waals surface area (Å²) >= 11 is 1.56. The molecule has 2 aromatic heterocycles. The summed E-state index contributed by atoms with van der Waals surface area (Å²) in [7, 11) is 1.66. The van der Waals surface area contributed by atoms with Gasteiger partial charge < -0.3 is 14.5 Å². The number of methoxy groups -OCH3 is 1. The van der Waals surface area contributed by atoms with Crippen LogP contribution in [-0.2, 0) is 11.2 Å². The van der Waals surface area contributed by atoms with Crippen LogP contribution in [0.3, 0.4) is 0 Å². The van der Waals surface area contributed by atoms with E-state index in [1.54, 1.807) is 24.7 Å². The van der Waals surface area contributed by atoms with Gasteiger partial charge in [0.1, 0.15) is 17.6 Å². The number of amides is 1. The zero-order chi connectivity index (χ0) is 23.1. The maximum atomic E-state index is 11.7. The fourth-order valence-corrected chi connectivity index (χ4v) is 5.23. The van der Waals surface area contributed by atoms with Crippen molar-refractivity contribution < 1.29 is 13.9 Å². The van der Waals surface area contributed by atoms with E-state index in [0.717, 1.165) is 56.8 Å². The van der Waals surface area contributed by atoms with E-state index in [4.69, 9.17) is 19.2 Å². The highest BCUT2D eigenvalue weighted by Gasteiger charge is 2.33. The highest BCUT2D eigenvalue weighted by atomic mass is 32.1. The average molecular weight is 471 g/mol. The number of nitrogens with zero attached hydrogens (tertiary/aromatic N) is 3. The third kappa shape index (κ3) is 3.76. The zero-order valence-corrected chi connectivity index (χ0v) is 19.3. The summed E-state index contributed by atoms with van der Waals surface area (Å²) in [5.41, 5.74) is 5.98. The van der Waals surface area contributed by atoms with Gasteiger partial charge in [-0.25, -0.2) is 9.99 Å². The lowest BCUT2D eigenvalue weighted by atomic mass is 9.99. The van der Waals surface area contributed by atoms with E-state index >= 15 is 0 Å². The van der Waals surface area contributed by atoms with Crippen molar-refractivity contribution in [2.75, 3.05) is 17.4 Å². The summed E-state index contributed by atoms with van der Waals surface area (Å²) in [6.45, 7) is 0. The fourth-order valence-electron chi connectivity index (χ4n) is 4.39. The molecule has 1 amide bonds. The average Bonchev–Trinajstić information content (AvgIpc) is 3.64. The molecule has 0 radical (unpaired) electrons. The molecule has 1 N–H and O–H groups in total. The zero-order valence-electron chi connectivity index (χ0n) is 18.5. The molecule has 34 heavy (non-hydrogen) atoms. The standard InChI is InChI=1S/C26H22N4O3S/c1-32-19-8-4-16(5-9-19)21-14-23(24-3-2-12-33-24)30(29-21)26-28-22(15-34-26)18-6-10-20-17(13-18)7-11-25(31)27-20/h2-6,8-10,12-13,15,23H,7,11,14H2,1H3,(H,27,31). The number of thiazole rings is 1. The minimum atomic E-state index is -0.0650. The van der Waals surface area contributed by atoms with Gasteiger partial charge in [-0.3, -0.25) is 4.79 Å². The fraction of sp³-hybridized carbons (Fsp3) is 0.192. The van der Waals surface area contributed by atoms with Gasteiger partial charge in [-0.05, 0) is 66.1 Å². The molecule has 2 aliphatic rings. The van der Waals surface area contributed by atoms with Crippen LogP contribution >= 0.6 is 11.3 Å². The van der Waals surface area contributed by atoms with Crippen molar-refractivity contribution in [3.05, 3.63) is 83.1 Å². The van der Waals surface area contributed by atoms with Crippen molar-refractivity contribution in [3.8, 4) is 17.0 Å². The number of fused-ring (bicyclic) bond motifs is 1. The first-order chi connectivity index (χ1) is 16.7. The van der Waals surface area contributed by atoms with Crippen molar-refractivity contribution in [2.45, 2.75) is 25.3 Å². The minimum Gasteiger partial charge on any atom is -0.497 e. The largest absolute Gasteiger partial charge is 0.497 e. The number of hydrogen-bond donors (Lipinski definition) is 1. The molecule has 8 heteroatoms. The van der Waals surface area contributed by atoms with Crippen molar-refractivity contribution >= 4 is 33.8 Å². The number of benzene rings is 2. The molecule has 0 aliphatic carbocycles. The molecule has 0 bridgehead atoms. The van der Waals surface area contributed by atoms with Crippen molar-refractivity contribution in [1.82, 2.24) is 4.98 Å². The number of rotatable bonds is 5. The molecule has 2 aromatic carbocycles. The van der Waals surface area contributed by atoms with Crippen LogP contribution in [0.25, 0.3) is 11.3 Å². The first-order valence-corrected chi connectivity index (χ1v) is 12.0. The summed E-state index contributed by atoms with van der Waals surface area (Å²) in [5, 5.41) is 12.7. The Hall–Kier alpha value is -3.91. The molecular weight excluding hydrogens is 448 g/mol. The van der Waals surface area contributed by atoms with Crippen LogP contribution in [0.4, 0.5) is 10.8 Å². The Bertz CT molecular complexity index is 1380. The van der Waals surface area contributed by atoms with E-state index in [1.165, 1.54) is 0 Å². The van der Waals surface area contributed by atoms with Gasteiger partial charge in [0, 0.05) is 29.5 Å².